The second-order valence-electron chi connectivity index (χ2n) is 5.28. The summed E-state index contributed by atoms with van der Waals surface area (Å²) in [7, 11) is 0. The van der Waals surface area contributed by atoms with Gasteiger partial charge in [0.25, 0.3) is 0 Å². The van der Waals surface area contributed by atoms with Crippen LogP contribution in [0.1, 0.15) is 5.69 Å². The van der Waals surface area contributed by atoms with E-state index >= 15 is 0 Å². The van der Waals surface area contributed by atoms with E-state index in [1.54, 1.807) is 11.3 Å². The lowest BCUT2D eigenvalue weighted by molar-refractivity contribution is 1.14. The van der Waals surface area contributed by atoms with Crippen LogP contribution < -0.4 is 5.73 Å². The third-order valence-corrected chi connectivity index (χ3v) is 4.65. The molecular weight excluding hydrogens is 290 g/mol. The minimum atomic E-state index is 0.776. The van der Waals surface area contributed by atoms with Gasteiger partial charge in [0.05, 0.1) is 11.4 Å². The highest BCUT2D eigenvalue weighted by atomic mass is 32.1. The molecule has 2 heterocycles. The van der Waals surface area contributed by atoms with E-state index in [0.717, 1.165) is 38.9 Å². The van der Waals surface area contributed by atoms with Crippen LogP contribution in [0.3, 0.4) is 0 Å². The van der Waals surface area contributed by atoms with Gasteiger partial charge in [0, 0.05) is 27.9 Å². The summed E-state index contributed by atoms with van der Waals surface area (Å²) in [5.41, 5.74) is 12.3. The molecule has 4 aromatic rings. The van der Waals surface area contributed by atoms with Crippen LogP contribution in [0.5, 0.6) is 0 Å². The summed E-state index contributed by atoms with van der Waals surface area (Å²) in [6.07, 6.45) is 0. The van der Waals surface area contributed by atoms with Crippen molar-refractivity contribution in [3.8, 4) is 22.5 Å². The number of rotatable bonds is 2. The number of hydrogen-bond donors (Lipinski definition) is 1. The van der Waals surface area contributed by atoms with Gasteiger partial charge in [-0.15, -0.1) is 11.3 Å². The molecule has 0 atom stereocenters. The number of nitrogens with zero attached hydrogens (tertiary/aromatic N) is 2. The maximum Gasteiger partial charge on any atom is 0.194 e. The molecule has 0 aliphatic rings. The molecule has 0 amide bonds. The van der Waals surface area contributed by atoms with Crippen LogP contribution in [0.2, 0.25) is 0 Å². The second kappa shape index (κ2) is 5.00. The highest BCUT2D eigenvalue weighted by Crippen LogP contribution is 2.32. The topological polar surface area (TPSA) is 43.3 Å². The first-order valence-electron chi connectivity index (χ1n) is 7.12. The Bertz CT molecular complexity index is 951. The molecule has 0 unspecified atom stereocenters. The Labute approximate surface area is 132 Å². The van der Waals surface area contributed by atoms with Crippen molar-refractivity contribution in [3.63, 3.8) is 0 Å². The van der Waals surface area contributed by atoms with Crippen molar-refractivity contribution >= 4 is 22.0 Å². The van der Waals surface area contributed by atoms with E-state index in [1.165, 1.54) is 0 Å². The van der Waals surface area contributed by atoms with Crippen LogP contribution in [0.25, 0.3) is 27.5 Å². The third-order valence-electron chi connectivity index (χ3n) is 3.82. The third kappa shape index (κ3) is 2.00. The smallest absolute Gasteiger partial charge is 0.194 e. The van der Waals surface area contributed by atoms with Crippen molar-refractivity contribution in [2.75, 3.05) is 5.73 Å². The molecule has 4 heteroatoms. The Morgan fingerprint density at radius 2 is 1.77 bits per heavy atom. The zero-order valence-electron chi connectivity index (χ0n) is 12.2. The lowest BCUT2D eigenvalue weighted by Crippen LogP contribution is -1.91. The average molecular weight is 305 g/mol. The fourth-order valence-electron chi connectivity index (χ4n) is 2.76. The highest BCUT2D eigenvalue weighted by molar-refractivity contribution is 7.15. The van der Waals surface area contributed by atoms with Crippen molar-refractivity contribution in [1.82, 2.24) is 9.38 Å². The summed E-state index contributed by atoms with van der Waals surface area (Å²) in [6, 6.07) is 18.3. The number of nitrogen functional groups attached to an aromatic ring is 1. The van der Waals surface area contributed by atoms with Crippen molar-refractivity contribution in [3.05, 3.63) is 65.7 Å². The number of benzene rings is 2. The van der Waals surface area contributed by atoms with Gasteiger partial charge in [0.15, 0.2) is 4.96 Å². The zero-order valence-corrected chi connectivity index (χ0v) is 13.0. The van der Waals surface area contributed by atoms with Crippen LogP contribution in [0, 0.1) is 6.92 Å². The Balaban J connectivity index is 1.94. The first kappa shape index (κ1) is 13.1. The van der Waals surface area contributed by atoms with Crippen molar-refractivity contribution < 1.29 is 0 Å². The highest BCUT2D eigenvalue weighted by Gasteiger charge is 2.15. The lowest BCUT2D eigenvalue weighted by atomic mass is 10.1. The SMILES string of the molecule is Cc1c(-c2ccccc2)nc2scc(-c3cccc(N)c3)n12. The monoisotopic (exact) mass is 305 g/mol. The fourth-order valence-corrected chi connectivity index (χ4v) is 3.71. The number of anilines is 1. The van der Waals surface area contributed by atoms with E-state index in [1.807, 2.05) is 36.4 Å². The molecule has 2 aromatic heterocycles. The molecule has 0 radical (unpaired) electrons. The minimum Gasteiger partial charge on any atom is -0.399 e. The Kier molecular flexibility index (Phi) is 2.98. The van der Waals surface area contributed by atoms with Crippen LogP contribution in [0.4, 0.5) is 5.69 Å². The van der Waals surface area contributed by atoms with Crippen molar-refractivity contribution in [2.45, 2.75) is 6.92 Å². The van der Waals surface area contributed by atoms with Gasteiger partial charge < -0.3 is 5.73 Å². The van der Waals surface area contributed by atoms with Gasteiger partial charge in [0.1, 0.15) is 0 Å². The first-order valence-corrected chi connectivity index (χ1v) is 8.00. The maximum absolute atomic E-state index is 5.92. The molecule has 3 nitrogen and oxygen atoms in total. The Hall–Kier alpha value is -2.59. The van der Waals surface area contributed by atoms with E-state index in [2.05, 4.69) is 34.9 Å². The first-order chi connectivity index (χ1) is 10.7. The molecule has 108 valence electrons. The predicted octanol–water partition coefficient (Wildman–Crippen LogP) is 4.62. The summed E-state index contributed by atoms with van der Waals surface area (Å²) in [6.45, 7) is 2.12. The molecule has 0 saturated carbocycles. The summed E-state index contributed by atoms with van der Waals surface area (Å²) < 4.78 is 2.21. The number of nitrogens with two attached hydrogens (primary N) is 1. The zero-order chi connectivity index (χ0) is 15.1. The second-order valence-corrected chi connectivity index (χ2v) is 6.11. The van der Waals surface area contributed by atoms with Gasteiger partial charge in [-0.1, -0.05) is 42.5 Å². The van der Waals surface area contributed by atoms with Crippen molar-refractivity contribution in [2.24, 2.45) is 0 Å². The van der Waals surface area contributed by atoms with E-state index < -0.39 is 0 Å². The average Bonchev–Trinajstić information content (AvgIpc) is 3.09. The van der Waals surface area contributed by atoms with Gasteiger partial charge >= 0.3 is 0 Å². The summed E-state index contributed by atoms with van der Waals surface area (Å²) in [4.78, 5) is 5.81. The van der Waals surface area contributed by atoms with E-state index in [-0.39, 0.29) is 0 Å². The summed E-state index contributed by atoms with van der Waals surface area (Å²) >= 11 is 1.66. The standard InChI is InChI=1S/C18H15N3S/c1-12-17(13-6-3-2-4-7-13)20-18-21(12)16(11-22-18)14-8-5-9-15(19)10-14/h2-11H,19H2,1H3. The maximum atomic E-state index is 5.92. The minimum absolute atomic E-state index is 0.776. The van der Waals surface area contributed by atoms with Gasteiger partial charge in [-0.05, 0) is 19.1 Å². The lowest BCUT2D eigenvalue weighted by Gasteiger charge is -2.04. The summed E-state index contributed by atoms with van der Waals surface area (Å²) in [5.74, 6) is 0. The molecular formula is C18H15N3S. The quantitative estimate of drug-likeness (QED) is 0.549. The predicted molar refractivity (Wildman–Crippen MR) is 93.1 cm³/mol. The molecule has 0 spiro atoms. The molecule has 4 rings (SSSR count). The van der Waals surface area contributed by atoms with Crippen LogP contribution in [-0.2, 0) is 0 Å². The molecule has 2 aromatic carbocycles. The van der Waals surface area contributed by atoms with E-state index in [0.29, 0.717) is 0 Å². The van der Waals surface area contributed by atoms with E-state index in [9.17, 15) is 0 Å². The molecule has 0 aliphatic heterocycles. The number of imidazole rings is 1. The number of aryl methyl sites for hydroxylation is 1. The number of aromatic nitrogens is 2. The molecule has 0 aliphatic carbocycles. The molecule has 0 bridgehead atoms. The molecule has 2 N–H and O–H groups in total. The van der Waals surface area contributed by atoms with Gasteiger partial charge in [0.2, 0.25) is 0 Å². The molecule has 0 fully saturated rings. The van der Waals surface area contributed by atoms with Gasteiger partial charge in [-0.25, -0.2) is 4.98 Å². The molecule has 22 heavy (non-hydrogen) atoms. The van der Waals surface area contributed by atoms with E-state index in [4.69, 9.17) is 10.7 Å². The van der Waals surface area contributed by atoms with Crippen LogP contribution in [0.15, 0.2) is 60.0 Å². The normalized spacial score (nSPS) is 11.1. The fraction of sp³-hybridized carbons (Fsp3) is 0.0556. The van der Waals surface area contributed by atoms with Crippen molar-refractivity contribution in [1.29, 1.82) is 0 Å². The molecule has 0 saturated heterocycles. The Morgan fingerprint density at radius 3 is 2.55 bits per heavy atom. The van der Waals surface area contributed by atoms with Gasteiger partial charge in [-0.3, -0.25) is 4.40 Å². The summed E-state index contributed by atoms with van der Waals surface area (Å²) in [5, 5.41) is 2.14. The number of thiazole rings is 1. The van der Waals surface area contributed by atoms with Crippen LogP contribution >= 0.6 is 11.3 Å². The Morgan fingerprint density at radius 1 is 1.00 bits per heavy atom. The van der Waals surface area contributed by atoms with Crippen LogP contribution in [-0.4, -0.2) is 9.38 Å². The van der Waals surface area contributed by atoms with Gasteiger partial charge in [-0.2, -0.15) is 0 Å². The largest absolute Gasteiger partial charge is 0.399 e. The number of hydrogen-bond acceptors (Lipinski definition) is 3. The number of fused-ring (bicyclic) bond motifs is 1.